The second kappa shape index (κ2) is 17.5. The van der Waals surface area contributed by atoms with Crippen molar-refractivity contribution in [2.45, 2.75) is 103 Å². The van der Waals surface area contributed by atoms with Crippen molar-refractivity contribution in [3.8, 4) is 0 Å². The highest BCUT2D eigenvalue weighted by Crippen LogP contribution is 2.12. The first-order valence-corrected chi connectivity index (χ1v) is 11.2. The lowest BCUT2D eigenvalue weighted by molar-refractivity contribution is 0.240. The molecule has 0 radical (unpaired) electrons. The number of rotatable bonds is 18. The molecule has 0 saturated carbocycles. The number of unbranched alkanes of at least 4 members (excludes halogenated alkanes) is 12. The van der Waals surface area contributed by atoms with Crippen molar-refractivity contribution in [3.05, 3.63) is 12.2 Å². The molecule has 4 heteroatoms. The van der Waals surface area contributed by atoms with Crippen LogP contribution in [0.25, 0.3) is 0 Å². The Morgan fingerprint density at radius 3 is 2.15 bits per heavy atom. The minimum atomic E-state index is 0.210. The smallest absolute Gasteiger partial charge is 0.0993 e. The molecule has 0 saturated heterocycles. The average Bonchev–Trinajstić information content (AvgIpc) is 3.15. The molecule has 0 aromatic rings. The van der Waals surface area contributed by atoms with E-state index < -0.39 is 0 Å². The van der Waals surface area contributed by atoms with Gasteiger partial charge in [-0.05, 0) is 19.3 Å². The first-order valence-electron chi connectivity index (χ1n) is 11.2. The Hall–Kier alpha value is -0.870. The largest absolute Gasteiger partial charge is 0.396 e. The average molecular weight is 366 g/mol. The first-order chi connectivity index (χ1) is 12.9. The second-order valence-electron chi connectivity index (χ2n) is 7.57. The number of hydrogen-bond donors (Lipinski definition) is 2. The summed E-state index contributed by atoms with van der Waals surface area (Å²) >= 11 is 0. The molecule has 26 heavy (non-hydrogen) atoms. The van der Waals surface area contributed by atoms with Crippen LogP contribution in [0.3, 0.4) is 0 Å². The van der Waals surface area contributed by atoms with Crippen molar-refractivity contribution in [1.82, 2.24) is 10.4 Å². The SMILES string of the molecule is CCCCCCCCCCCCCCC=CC(CCO)NN1C=NCC1. The van der Waals surface area contributed by atoms with Crippen LogP contribution < -0.4 is 5.43 Å². The first kappa shape index (κ1) is 23.2. The lowest BCUT2D eigenvalue weighted by Gasteiger charge is -2.21. The van der Waals surface area contributed by atoms with E-state index in [9.17, 15) is 5.11 Å². The van der Waals surface area contributed by atoms with Gasteiger partial charge in [-0.2, -0.15) is 0 Å². The van der Waals surface area contributed by atoms with Gasteiger partial charge in [0.2, 0.25) is 0 Å². The van der Waals surface area contributed by atoms with Crippen LogP contribution in [0.2, 0.25) is 0 Å². The van der Waals surface area contributed by atoms with Crippen molar-refractivity contribution in [2.24, 2.45) is 4.99 Å². The Bertz CT molecular complexity index is 357. The van der Waals surface area contributed by atoms with Crippen LogP contribution in [0, 0.1) is 0 Å². The van der Waals surface area contributed by atoms with Crippen LogP contribution in [-0.2, 0) is 0 Å². The fraction of sp³-hybridized carbons (Fsp3) is 0.864. The van der Waals surface area contributed by atoms with Gasteiger partial charge in [0.15, 0.2) is 0 Å². The van der Waals surface area contributed by atoms with Gasteiger partial charge >= 0.3 is 0 Å². The Labute approximate surface area is 162 Å². The van der Waals surface area contributed by atoms with E-state index in [0.29, 0.717) is 0 Å². The highest BCUT2D eigenvalue weighted by atomic mass is 16.3. The van der Waals surface area contributed by atoms with Crippen LogP contribution >= 0.6 is 0 Å². The number of aliphatic imine (C=N–C) groups is 1. The summed E-state index contributed by atoms with van der Waals surface area (Å²) in [6.07, 6.45) is 25.0. The molecule has 1 aliphatic heterocycles. The topological polar surface area (TPSA) is 47.9 Å². The van der Waals surface area contributed by atoms with E-state index in [2.05, 4.69) is 29.5 Å². The molecule has 0 aromatic heterocycles. The Kier molecular flexibility index (Phi) is 15.6. The van der Waals surface area contributed by atoms with E-state index in [1.54, 1.807) is 0 Å². The zero-order valence-corrected chi connectivity index (χ0v) is 17.2. The fourth-order valence-corrected chi connectivity index (χ4v) is 3.40. The van der Waals surface area contributed by atoms with E-state index >= 15 is 0 Å². The van der Waals surface area contributed by atoms with Crippen LogP contribution in [-0.4, -0.2) is 42.2 Å². The van der Waals surface area contributed by atoms with E-state index in [0.717, 1.165) is 25.9 Å². The predicted molar refractivity (Wildman–Crippen MR) is 114 cm³/mol. The summed E-state index contributed by atoms with van der Waals surface area (Å²) < 4.78 is 0. The number of allylic oxidation sites excluding steroid dienone is 1. The van der Waals surface area contributed by atoms with Crippen LogP contribution in [0.4, 0.5) is 0 Å². The summed E-state index contributed by atoms with van der Waals surface area (Å²) in [5, 5.41) is 11.2. The molecule has 1 aliphatic rings. The lowest BCUT2D eigenvalue weighted by atomic mass is 10.0. The lowest BCUT2D eigenvalue weighted by Crippen LogP contribution is -2.42. The molecule has 152 valence electrons. The van der Waals surface area contributed by atoms with Gasteiger partial charge in [-0.25, -0.2) is 5.43 Å². The van der Waals surface area contributed by atoms with Gasteiger partial charge in [-0.1, -0.05) is 89.7 Å². The Morgan fingerprint density at radius 2 is 1.62 bits per heavy atom. The zero-order chi connectivity index (χ0) is 18.7. The van der Waals surface area contributed by atoms with Gasteiger partial charge in [0.25, 0.3) is 0 Å². The van der Waals surface area contributed by atoms with Crippen molar-refractivity contribution in [2.75, 3.05) is 19.7 Å². The van der Waals surface area contributed by atoms with E-state index in [1.165, 1.54) is 77.0 Å². The summed E-state index contributed by atoms with van der Waals surface area (Å²) in [6.45, 7) is 4.28. The maximum atomic E-state index is 9.20. The molecular weight excluding hydrogens is 322 g/mol. The molecule has 0 amide bonds. The number of aliphatic hydroxyl groups is 1. The van der Waals surface area contributed by atoms with Crippen molar-refractivity contribution in [1.29, 1.82) is 0 Å². The minimum absolute atomic E-state index is 0.210. The minimum Gasteiger partial charge on any atom is -0.396 e. The Morgan fingerprint density at radius 1 is 1.00 bits per heavy atom. The molecule has 0 fully saturated rings. The summed E-state index contributed by atoms with van der Waals surface area (Å²) in [5.74, 6) is 0. The van der Waals surface area contributed by atoms with Gasteiger partial charge in [0, 0.05) is 12.6 Å². The Balaban J connectivity index is 1.90. The summed E-state index contributed by atoms with van der Waals surface area (Å²) in [6, 6.07) is 0.210. The summed E-state index contributed by atoms with van der Waals surface area (Å²) in [5.41, 5.74) is 3.40. The molecule has 1 unspecified atom stereocenters. The van der Waals surface area contributed by atoms with E-state index in [-0.39, 0.29) is 12.6 Å². The number of aliphatic hydroxyl groups excluding tert-OH is 1. The van der Waals surface area contributed by atoms with Crippen molar-refractivity contribution >= 4 is 6.34 Å². The molecule has 0 spiro atoms. The monoisotopic (exact) mass is 365 g/mol. The van der Waals surface area contributed by atoms with Gasteiger partial charge in [0.05, 0.1) is 19.4 Å². The normalized spacial score (nSPS) is 15.4. The van der Waals surface area contributed by atoms with Crippen molar-refractivity contribution in [3.63, 3.8) is 0 Å². The van der Waals surface area contributed by atoms with Gasteiger partial charge in [-0.15, -0.1) is 0 Å². The van der Waals surface area contributed by atoms with Gasteiger partial charge in [-0.3, -0.25) is 10.0 Å². The molecule has 1 rings (SSSR count). The highest BCUT2D eigenvalue weighted by molar-refractivity contribution is 5.56. The summed E-state index contributed by atoms with van der Waals surface area (Å²) in [7, 11) is 0. The number of hydrazine groups is 1. The van der Waals surface area contributed by atoms with Gasteiger partial charge in [0.1, 0.15) is 0 Å². The third-order valence-corrected chi connectivity index (χ3v) is 5.06. The number of nitrogens with zero attached hydrogens (tertiary/aromatic N) is 2. The molecule has 2 N–H and O–H groups in total. The van der Waals surface area contributed by atoms with Gasteiger partial charge < -0.3 is 5.11 Å². The van der Waals surface area contributed by atoms with Crippen LogP contribution in [0.5, 0.6) is 0 Å². The third-order valence-electron chi connectivity index (χ3n) is 5.06. The van der Waals surface area contributed by atoms with Crippen LogP contribution in [0.15, 0.2) is 17.1 Å². The molecule has 4 nitrogen and oxygen atoms in total. The van der Waals surface area contributed by atoms with Crippen molar-refractivity contribution < 1.29 is 5.11 Å². The molecule has 0 aliphatic carbocycles. The highest BCUT2D eigenvalue weighted by Gasteiger charge is 2.10. The van der Waals surface area contributed by atoms with Crippen LogP contribution in [0.1, 0.15) is 96.8 Å². The number of hydrogen-bond acceptors (Lipinski definition) is 4. The quantitative estimate of drug-likeness (QED) is 0.258. The maximum absolute atomic E-state index is 9.20. The van der Waals surface area contributed by atoms with E-state index in [1.807, 2.05) is 11.3 Å². The zero-order valence-electron chi connectivity index (χ0n) is 17.2. The third kappa shape index (κ3) is 13.3. The molecule has 0 bridgehead atoms. The molecule has 1 heterocycles. The molecule has 0 aromatic carbocycles. The number of nitrogens with one attached hydrogen (secondary N) is 1. The fourth-order valence-electron chi connectivity index (χ4n) is 3.40. The van der Waals surface area contributed by atoms with E-state index in [4.69, 9.17) is 0 Å². The molecule has 1 atom stereocenters. The summed E-state index contributed by atoms with van der Waals surface area (Å²) in [4.78, 5) is 4.20. The second-order valence-corrected chi connectivity index (χ2v) is 7.57. The molecular formula is C22H43N3O. The standard InChI is InChI=1S/C22H43N3O/c1-2-3-4-5-6-7-8-9-10-11-12-13-14-15-16-22(17-20-26)24-25-19-18-23-21-25/h15-16,21-22,24,26H,2-14,17-20H2,1H3. The maximum Gasteiger partial charge on any atom is 0.0993 e. The predicted octanol–water partition coefficient (Wildman–Crippen LogP) is 5.23.